The quantitative estimate of drug-likeness (QED) is 0.357. The molecule has 0 spiro atoms. The molecule has 0 aliphatic heterocycles. The number of hydrogen-bond acceptors (Lipinski definition) is 6. The molecule has 4 aromatic rings. The van der Waals surface area contributed by atoms with E-state index in [-0.39, 0.29) is 16.9 Å². The SMILES string of the molecule is COC(=O)c1c(N)c(C#N)cn1-c1cc(Sc2ccccc2)cc(Sc2ccccc2)c1. The maximum absolute atomic E-state index is 12.5. The molecule has 158 valence electrons. The van der Waals surface area contributed by atoms with Crippen LogP contribution in [0.15, 0.2) is 105 Å². The van der Waals surface area contributed by atoms with Crippen molar-refractivity contribution in [2.45, 2.75) is 19.6 Å². The number of esters is 1. The van der Waals surface area contributed by atoms with Crippen molar-refractivity contribution in [2.24, 2.45) is 0 Å². The summed E-state index contributed by atoms with van der Waals surface area (Å²) in [5.41, 5.74) is 7.29. The molecular weight excluding hydrogens is 438 g/mol. The summed E-state index contributed by atoms with van der Waals surface area (Å²) in [4.78, 5) is 16.6. The number of hydrogen-bond donors (Lipinski definition) is 1. The zero-order chi connectivity index (χ0) is 22.5. The van der Waals surface area contributed by atoms with Gasteiger partial charge in [0.25, 0.3) is 0 Å². The number of nitrogens with zero attached hydrogens (tertiary/aromatic N) is 2. The van der Waals surface area contributed by atoms with Crippen LogP contribution in [0.3, 0.4) is 0 Å². The predicted octanol–water partition coefficient (Wildman–Crippen LogP) is 6.02. The molecule has 5 nitrogen and oxygen atoms in total. The third-order valence-corrected chi connectivity index (χ3v) is 6.60. The van der Waals surface area contributed by atoms with Gasteiger partial charge in [-0.15, -0.1) is 0 Å². The van der Waals surface area contributed by atoms with Gasteiger partial charge in [-0.05, 0) is 42.5 Å². The van der Waals surface area contributed by atoms with Crippen LogP contribution >= 0.6 is 23.5 Å². The van der Waals surface area contributed by atoms with Gasteiger partial charge in [0.15, 0.2) is 5.69 Å². The van der Waals surface area contributed by atoms with Gasteiger partial charge in [0.05, 0.1) is 18.4 Å². The van der Waals surface area contributed by atoms with E-state index in [1.54, 1.807) is 34.3 Å². The fraction of sp³-hybridized carbons (Fsp3) is 0.0400. The molecule has 0 radical (unpaired) electrons. The van der Waals surface area contributed by atoms with Crippen LogP contribution in [-0.2, 0) is 4.74 Å². The van der Waals surface area contributed by atoms with E-state index in [4.69, 9.17) is 10.5 Å². The Hall–Kier alpha value is -3.60. The lowest BCUT2D eigenvalue weighted by Crippen LogP contribution is -2.11. The number of rotatable bonds is 6. The Morgan fingerprint density at radius 2 is 1.44 bits per heavy atom. The Balaban J connectivity index is 1.84. The first-order valence-corrected chi connectivity index (χ1v) is 11.3. The van der Waals surface area contributed by atoms with Crippen LogP contribution in [0.25, 0.3) is 5.69 Å². The van der Waals surface area contributed by atoms with E-state index < -0.39 is 5.97 Å². The average Bonchev–Trinajstić information content (AvgIpc) is 3.16. The molecule has 0 saturated heterocycles. The van der Waals surface area contributed by atoms with Crippen molar-refractivity contribution in [1.29, 1.82) is 5.26 Å². The Labute approximate surface area is 194 Å². The van der Waals surface area contributed by atoms with E-state index in [1.165, 1.54) is 7.11 Å². The number of carbonyl (C=O) groups is 1. The lowest BCUT2D eigenvalue weighted by molar-refractivity contribution is 0.0593. The molecule has 0 bridgehead atoms. The fourth-order valence-electron chi connectivity index (χ4n) is 3.18. The number of nitrogen functional groups attached to an aromatic ring is 1. The minimum Gasteiger partial charge on any atom is -0.464 e. The van der Waals surface area contributed by atoms with Gasteiger partial charge in [-0.1, -0.05) is 59.9 Å². The van der Waals surface area contributed by atoms with Crippen molar-refractivity contribution in [3.63, 3.8) is 0 Å². The summed E-state index contributed by atoms with van der Waals surface area (Å²) in [7, 11) is 1.30. The van der Waals surface area contributed by atoms with Crippen molar-refractivity contribution in [2.75, 3.05) is 12.8 Å². The summed E-state index contributed by atoms with van der Waals surface area (Å²) < 4.78 is 6.56. The number of benzene rings is 3. The molecule has 0 unspecified atom stereocenters. The number of nitriles is 1. The molecule has 0 aliphatic rings. The number of ether oxygens (including phenoxy) is 1. The average molecular weight is 458 g/mol. The maximum atomic E-state index is 12.5. The minimum atomic E-state index is -0.595. The molecule has 0 saturated carbocycles. The Kier molecular flexibility index (Phi) is 6.55. The maximum Gasteiger partial charge on any atom is 0.357 e. The second kappa shape index (κ2) is 9.69. The highest BCUT2D eigenvalue weighted by molar-refractivity contribution is 8.00. The van der Waals surface area contributed by atoms with Crippen molar-refractivity contribution >= 4 is 35.2 Å². The molecule has 0 aliphatic carbocycles. The van der Waals surface area contributed by atoms with E-state index in [2.05, 4.69) is 6.07 Å². The minimum absolute atomic E-state index is 0.109. The van der Waals surface area contributed by atoms with Crippen LogP contribution in [-0.4, -0.2) is 17.6 Å². The van der Waals surface area contributed by atoms with Crippen LogP contribution < -0.4 is 5.73 Å². The van der Waals surface area contributed by atoms with Crippen LogP contribution in [0.2, 0.25) is 0 Å². The number of aromatic nitrogens is 1. The molecule has 1 heterocycles. The smallest absolute Gasteiger partial charge is 0.357 e. The standard InChI is InChI=1S/C25H19N3O2S2/c1-30-25(29)24-23(27)17(15-26)16-28(24)18-12-21(31-19-8-4-2-5-9-19)14-22(13-18)32-20-10-6-3-7-11-20/h2-14,16H,27H2,1H3. The summed E-state index contributed by atoms with van der Waals surface area (Å²) in [6.45, 7) is 0. The zero-order valence-electron chi connectivity index (χ0n) is 17.2. The summed E-state index contributed by atoms with van der Waals surface area (Å²) in [5, 5.41) is 9.45. The molecule has 2 N–H and O–H groups in total. The third-order valence-electron chi connectivity index (χ3n) is 4.64. The highest BCUT2D eigenvalue weighted by Gasteiger charge is 2.22. The highest BCUT2D eigenvalue weighted by Crippen LogP contribution is 2.37. The summed E-state index contributed by atoms with van der Waals surface area (Å²) in [6, 6.07) is 28.2. The van der Waals surface area contributed by atoms with Gasteiger partial charge < -0.3 is 15.0 Å². The second-order valence-corrected chi connectivity index (χ2v) is 9.07. The molecule has 0 amide bonds. The van der Waals surface area contributed by atoms with Crippen molar-refractivity contribution < 1.29 is 9.53 Å². The molecule has 7 heteroatoms. The van der Waals surface area contributed by atoms with E-state index in [1.807, 2.05) is 78.9 Å². The first-order valence-electron chi connectivity index (χ1n) is 9.69. The molecule has 0 atom stereocenters. The van der Waals surface area contributed by atoms with Crippen LogP contribution in [0.1, 0.15) is 16.1 Å². The van der Waals surface area contributed by atoms with E-state index >= 15 is 0 Å². The lowest BCUT2D eigenvalue weighted by Gasteiger charge is -2.13. The van der Waals surface area contributed by atoms with Crippen molar-refractivity contribution in [1.82, 2.24) is 4.57 Å². The monoisotopic (exact) mass is 457 g/mol. The Bertz CT molecular complexity index is 1240. The summed E-state index contributed by atoms with van der Waals surface area (Å²) in [6.07, 6.45) is 1.57. The van der Waals surface area contributed by atoms with Gasteiger partial charge in [-0.25, -0.2) is 4.79 Å². The number of nitrogens with two attached hydrogens (primary N) is 1. The van der Waals surface area contributed by atoms with Gasteiger partial charge in [0.1, 0.15) is 6.07 Å². The van der Waals surface area contributed by atoms with E-state index in [0.29, 0.717) is 0 Å². The van der Waals surface area contributed by atoms with Crippen molar-refractivity contribution in [3.8, 4) is 11.8 Å². The summed E-state index contributed by atoms with van der Waals surface area (Å²) >= 11 is 3.24. The topological polar surface area (TPSA) is 81.0 Å². The highest BCUT2D eigenvalue weighted by atomic mass is 32.2. The van der Waals surface area contributed by atoms with Gasteiger partial charge in [0, 0.05) is 31.5 Å². The summed E-state index contributed by atoms with van der Waals surface area (Å²) in [5.74, 6) is -0.595. The fourth-order valence-corrected chi connectivity index (χ4v) is 5.12. The first kappa shape index (κ1) is 21.6. The van der Waals surface area contributed by atoms with Crippen LogP contribution in [0.4, 0.5) is 5.69 Å². The van der Waals surface area contributed by atoms with E-state index in [0.717, 1.165) is 25.3 Å². The van der Waals surface area contributed by atoms with E-state index in [9.17, 15) is 10.1 Å². The first-order chi connectivity index (χ1) is 15.6. The molecule has 4 rings (SSSR count). The largest absolute Gasteiger partial charge is 0.464 e. The Morgan fingerprint density at radius 1 is 0.906 bits per heavy atom. The number of carbonyl (C=O) groups excluding carboxylic acids is 1. The normalized spacial score (nSPS) is 10.5. The molecule has 3 aromatic carbocycles. The van der Waals surface area contributed by atoms with Crippen LogP contribution in [0.5, 0.6) is 0 Å². The third kappa shape index (κ3) is 4.67. The molecule has 32 heavy (non-hydrogen) atoms. The second-order valence-electron chi connectivity index (χ2n) is 6.77. The van der Waals surface area contributed by atoms with Gasteiger partial charge >= 0.3 is 5.97 Å². The predicted molar refractivity (Wildman–Crippen MR) is 127 cm³/mol. The Morgan fingerprint density at radius 3 is 1.91 bits per heavy atom. The molecule has 0 fully saturated rings. The van der Waals surface area contributed by atoms with Gasteiger partial charge in [0.2, 0.25) is 0 Å². The molecule has 1 aromatic heterocycles. The van der Waals surface area contributed by atoms with Gasteiger partial charge in [-0.3, -0.25) is 0 Å². The molecular formula is C25H19N3O2S2. The van der Waals surface area contributed by atoms with Crippen molar-refractivity contribution in [3.05, 3.63) is 96.3 Å². The number of anilines is 1. The zero-order valence-corrected chi connectivity index (χ0v) is 18.8. The lowest BCUT2D eigenvalue weighted by atomic mass is 10.2. The van der Waals surface area contributed by atoms with Gasteiger partial charge in [-0.2, -0.15) is 5.26 Å². The van der Waals surface area contributed by atoms with Crippen LogP contribution in [0, 0.1) is 11.3 Å². The number of methoxy groups -OCH3 is 1.